The van der Waals surface area contributed by atoms with Crippen LogP contribution in [0.5, 0.6) is 0 Å². The third-order valence-corrected chi connectivity index (χ3v) is 4.82. The molecular weight excluding hydrogens is 330 g/mol. The molecule has 0 atom stereocenters. The number of anilines is 1. The summed E-state index contributed by atoms with van der Waals surface area (Å²) in [5, 5.41) is 0. The summed E-state index contributed by atoms with van der Waals surface area (Å²) in [6.45, 7) is 9.10. The summed E-state index contributed by atoms with van der Waals surface area (Å²) in [4.78, 5) is 34.0. The second kappa shape index (κ2) is 9.59. The van der Waals surface area contributed by atoms with Crippen LogP contribution in [0.25, 0.3) is 11.2 Å². The third kappa shape index (κ3) is 4.37. The van der Waals surface area contributed by atoms with Crippen molar-refractivity contribution in [1.82, 2.24) is 19.1 Å². The van der Waals surface area contributed by atoms with E-state index in [2.05, 4.69) is 30.7 Å². The molecule has 0 aliphatic heterocycles. The van der Waals surface area contributed by atoms with Gasteiger partial charge in [-0.25, -0.2) is 4.79 Å². The zero-order valence-electron chi connectivity index (χ0n) is 16.7. The maximum atomic E-state index is 12.5. The maximum absolute atomic E-state index is 12.5. The first-order valence-electron chi connectivity index (χ1n) is 9.99. The van der Waals surface area contributed by atoms with Crippen LogP contribution in [0, 0.1) is 0 Å². The molecule has 0 amide bonds. The quantitative estimate of drug-likeness (QED) is 0.623. The predicted octanol–water partition coefficient (Wildman–Crippen LogP) is 3.02. The van der Waals surface area contributed by atoms with Gasteiger partial charge in [-0.1, -0.05) is 46.5 Å². The summed E-state index contributed by atoms with van der Waals surface area (Å²) >= 11 is 0. The molecule has 0 unspecified atom stereocenters. The molecular formula is C19H33N5O2. The molecule has 7 heteroatoms. The molecule has 146 valence electrons. The molecule has 0 aliphatic carbocycles. The van der Waals surface area contributed by atoms with Gasteiger partial charge in [0, 0.05) is 26.7 Å². The summed E-state index contributed by atoms with van der Waals surface area (Å²) in [7, 11) is 1.66. The lowest BCUT2D eigenvalue weighted by Gasteiger charge is -2.24. The van der Waals surface area contributed by atoms with E-state index in [-0.39, 0.29) is 5.56 Å². The van der Waals surface area contributed by atoms with E-state index in [1.165, 1.54) is 4.57 Å². The van der Waals surface area contributed by atoms with E-state index in [9.17, 15) is 9.59 Å². The number of nitrogens with zero attached hydrogens (tertiary/aromatic N) is 4. The van der Waals surface area contributed by atoms with Gasteiger partial charge < -0.3 is 9.47 Å². The normalized spacial score (nSPS) is 11.4. The number of imidazole rings is 1. The number of H-pyrrole nitrogens is 1. The third-order valence-electron chi connectivity index (χ3n) is 4.82. The first-order valence-corrected chi connectivity index (χ1v) is 9.99. The molecule has 0 fully saturated rings. The highest BCUT2D eigenvalue weighted by molar-refractivity contribution is 5.74. The number of rotatable bonds is 11. The van der Waals surface area contributed by atoms with Crippen molar-refractivity contribution in [2.24, 2.45) is 7.05 Å². The highest BCUT2D eigenvalue weighted by atomic mass is 16.2. The molecule has 0 saturated heterocycles. The van der Waals surface area contributed by atoms with Crippen LogP contribution in [0.4, 0.5) is 5.95 Å². The van der Waals surface area contributed by atoms with Crippen LogP contribution in [0.1, 0.15) is 65.7 Å². The lowest BCUT2D eigenvalue weighted by Crippen LogP contribution is -2.30. The van der Waals surface area contributed by atoms with E-state index in [1.54, 1.807) is 7.05 Å². The minimum Gasteiger partial charge on any atom is -0.342 e. The number of aryl methyl sites for hydroxylation is 2. The van der Waals surface area contributed by atoms with Gasteiger partial charge in [0.2, 0.25) is 5.95 Å². The molecule has 0 saturated carbocycles. The van der Waals surface area contributed by atoms with Crippen LogP contribution in [-0.2, 0) is 13.6 Å². The largest absolute Gasteiger partial charge is 0.342 e. The van der Waals surface area contributed by atoms with E-state index in [1.807, 2.05) is 4.57 Å². The number of aromatic nitrogens is 4. The van der Waals surface area contributed by atoms with Gasteiger partial charge in [0.15, 0.2) is 11.2 Å². The Labute approximate surface area is 155 Å². The van der Waals surface area contributed by atoms with Gasteiger partial charge in [0.05, 0.1) is 0 Å². The Morgan fingerprint density at radius 2 is 1.58 bits per heavy atom. The van der Waals surface area contributed by atoms with Crippen LogP contribution in [0.2, 0.25) is 0 Å². The molecule has 2 heterocycles. The Morgan fingerprint density at radius 3 is 2.15 bits per heavy atom. The average Bonchev–Trinajstić information content (AvgIpc) is 3.00. The minimum atomic E-state index is -0.416. The molecule has 1 N–H and O–H groups in total. The topological polar surface area (TPSA) is 75.9 Å². The van der Waals surface area contributed by atoms with Gasteiger partial charge in [-0.15, -0.1) is 0 Å². The van der Waals surface area contributed by atoms with Gasteiger partial charge in [0.25, 0.3) is 5.56 Å². The lowest BCUT2D eigenvalue weighted by molar-refractivity contribution is 0.588. The van der Waals surface area contributed by atoms with E-state index in [0.717, 1.165) is 70.5 Å². The molecule has 0 aliphatic rings. The summed E-state index contributed by atoms with van der Waals surface area (Å²) < 4.78 is 3.46. The van der Waals surface area contributed by atoms with Crippen molar-refractivity contribution in [3.8, 4) is 0 Å². The van der Waals surface area contributed by atoms with Crippen LogP contribution in [-0.4, -0.2) is 32.2 Å². The van der Waals surface area contributed by atoms with Gasteiger partial charge in [-0.2, -0.15) is 4.98 Å². The van der Waals surface area contributed by atoms with Gasteiger partial charge in [-0.05, 0) is 19.3 Å². The molecule has 0 aromatic carbocycles. The van der Waals surface area contributed by atoms with E-state index >= 15 is 0 Å². The smallest absolute Gasteiger partial charge is 0.329 e. The van der Waals surface area contributed by atoms with Crippen molar-refractivity contribution in [1.29, 1.82) is 0 Å². The Bertz CT molecular complexity index is 810. The first-order chi connectivity index (χ1) is 12.5. The summed E-state index contributed by atoms with van der Waals surface area (Å²) in [5.41, 5.74) is 0.227. The van der Waals surface area contributed by atoms with Crippen molar-refractivity contribution in [3.63, 3.8) is 0 Å². The van der Waals surface area contributed by atoms with Crippen LogP contribution >= 0.6 is 0 Å². The molecule has 7 nitrogen and oxygen atoms in total. The molecule has 2 rings (SSSR count). The fraction of sp³-hybridized carbons (Fsp3) is 0.737. The number of aromatic amines is 1. The zero-order valence-corrected chi connectivity index (χ0v) is 16.7. The predicted molar refractivity (Wildman–Crippen MR) is 107 cm³/mol. The minimum absolute atomic E-state index is 0.343. The van der Waals surface area contributed by atoms with Gasteiger partial charge >= 0.3 is 5.69 Å². The summed E-state index contributed by atoms with van der Waals surface area (Å²) in [6, 6.07) is 0. The Kier molecular flexibility index (Phi) is 7.48. The monoisotopic (exact) mass is 363 g/mol. The number of fused-ring (bicyclic) bond motifs is 1. The Morgan fingerprint density at radius 1 is 0.962 bits per heavy atom. The number of hydrogen-bond acceptors (Lipinski definition) is 4. The molecule has 0 radical (unpaired) electrons. The molecule has 26 heavy (non-hydrogen) atoms. The zero-order chi connectivity index (χ0) is 19.1. The van der Waals surface area contributed by atoms with E-state index < -0.39 is 5.69 Å². The van der Waals surface area contributed by atoms with Crippen LogP contribution < -0.4 is 16.1 Å². The maximum Gasteiger partial charge on any atom is 0.329 e. The fourth-order valence-corrected chi connectivity index (χ4v) is 3.21. The number of unbranched alkanes of at least 4 members (excludes halogenated alkanes) is 4. The second-order valence-corrected chi connectivity index (χ2v) is 6.96. The second-order valence-electron chi connectivity index (χ2n) is 6.96. The Hall–Kier alpha value is -2.05. The first kappa shape index (κ1) is 20.3. The summed E-state index contributed by atoms with van der Waals surface area (Å²) in [5.74, 6) is 0.824. The van der Waals surface area contributed by atoms with Crippen molar-refractivity contribution in [2.45, 2.75) is 72.3 Å². The SMILES string of the molecule is CCCCCn1c(N(CCCC)CCCC)nc2c1c(=O)[nH]c(=O)n2C. The van der Waals surface area contributed by atoms with Crippen molar-refractivity contribution >= 4 is 17.1 Å². The summed E-state index contributed by atoms with van der Waals surface area (Å²) in [6.07, 6.45) is 7.59. The van der Waals surface area contributed by atoms with Crippen LogP contribution in [0.15, 0.2) is 9.59 Å². The van der Waals surface area contributed by atoms with Gasteiger partial charge in [0.1, 0.15) is 0 Å². The molecule has 0 bridgehead atoms. The highest BCUT2D eigenvalue weighted by Gasteiger charge is 2.21. The molecule has 2 aromatic heterocycles. The number of nitrogens with one attached hydrogen (secondary N) is 1. The van der Waals surface area contributed by atoms with Crippen molar-refractivity contribution in [3.05, 3.63) is 20.8 Å². The van der Waals surface area contributed by atoms with Crippen molar-refractivity contribution < 1.29 is 0 Å². The van der Waals surface area contributed by atoms with E-state index in [0.29, 0.717) is 11.2 Å². The lowest BCUT2D eigenvalue weighted by atomic mass is 10.2. The molecule has 2 aromatic rings. The molecule has 0 spiro atoms. The van der Waals surface area contributed by atoms with Gasteiger partial charge in [-0.3, -0.25) is 14.3 Å². The van der Waals surface area contributed by atoms with Crippen LogP contribution in [0.3, 0.4) is 0 Å². The van der Waals surface area contributed by atoms with E-state index in [4.69, 9.17) is 4.98 Å². The highest BCUT2D eigenvalue weighted by Crippen LogP contribution is 2.21. The number of hydrogen-bond donors (Lipinski definition) is 1. The van der Waals surface area contributed by atoms with Crippen molar-refractivity contribution in [2.75, 3.05) is 18.0 Å². The standard InChI is InChI=1S/C19H33N5O2/c1-5-8-11-14-24-15-16(22(4)19(26)21-17(15)25)20-18(24)23(12-9-6-2)13-10-7-3/h5-14H2,1-4H3,(H,21,25,26). The Balaban J connectivity index is 2.58. The fourth-order valence-electron chi connectivity index (χ4n) is 3.21. The average molecular weight is 364 g/mol.